The van der Waals surface area contributed by atoms with Crippen LogP contribution in [0.1, 0.15) is 123 Å². The monoisotopic (exact) mass is 1060 g/mol. The van der Waals surface area contributed by atoms with Gasteiger partial charge in [-0.1, -0.05) is 0 Å². The number of alkyl carbamates (subject to hydrolysis) is 2. The summed E-state index contributed by atoms with van der Waals surface area (Å²) in [4.78, 5) is 69.2. The van der Waals surface area contributed by atoms with Crippen molar-refractivity contribution in [2.24, 2.45) is 5.73 Å². The van der Waals surface area contributed by atoms with Crippen LogP contribution in [0.2, 0.25) is 0 Å². The van der Waals surface area contributed by atoms with Crippen LogP contribution >= 0.6 is 0 Å². The fourth-order valence-electron chi connectivity index (χ4n) is 8.89. The number of rotatable bonds is 15. The van der Waals surface area contributed by atoms with E-state index in [1.54, 1.807) is 103 Å². The Hall–Kier alpha value is -4.31. The number of likely N-dealkylation sites (N-methyl/N-ethyl adjacent to an activating group) is 1. The number of hydrogen-bond acceptors (Lipinski definition) is 20. The van der Waals surface area contributed by atoms with Crippen LogP contribution in [-0.4, -0.2) is 207 Å². The van der Waals surface area contributed by atoms with Gasteiger partial charge in [-0.2, -0.15) is 0 Å². The van der Waals surface area contributed by atoms with Gasteiger partial charge in [0.05, 0.1) is 50.0 Å². The van der Waals surface area contributed by atoms with Crippen molar-refractivity contribution in [1.29, 1.82) is 0 Å². The summed E-state index contributed by atoms with van der Waals surface area (Å²) in [5.74, 6) is -0.625. The minimum absolute atomic E-state index is 0.0362. The van der Waals surface area contributed by atoms with E-state index in [1.807, 2.05) is 0 Å². The molecule has 3 heterocycles. The number of hydrogen-bond donors (Lipinski definition) is 9. The predicted molar refractivity (Wildman–Crippen MR) is 265 cm³/mol. The topological polar surface area (TPSA) is 330 Å². The van der Waals surface area contributed by atoms with Crippen molar-refractivity contribution in [3.8, 4) is 0 Å². The Labute approximate surface area is 435 Å². The molecule has 0 bridgehead atoms. The lowest BCUT2D eigenvalue weighted by Crippen LogP contribution is -2.71. The molecule has 10 N–H and O–H groups in total. The van der Waals surface area contributed by atoms with E-state index in [4.69, 9.17) is 48.4 Å². The van der Waals surface area contributed by atoms with Crippen LogP contribution in [0.15, 0.2) is 11.8 Å². The van der Waals surface area contributed by atoms with E-state index in [2.05, 4.69) is 21.3 Å². The van der Waals surface area contributed by atoms with Gasteiger partial charge >= 0.3 is 24.4 Å². The summed E-state index contributed by atoms with van der Waals surface area (Å²) in [7, 11) is 1.32. The van der Waals surface area contributed by atoms with Crippen LogP contribution in [0.4, 0.5) is 19.2 Å². The van der Waals surface area contributed by atoms with Crippen molar-refractivity contribution in [1.82, 2.24) is 31.1 Å². The maximum atomic E-state index is 13.9. The second kappa shape index (κ2) is 24.3. The zero-order valence-electron chi connectivity index (χ0n) is 46.1. The van der Waals surface area contributed by atoms with Crippen molar-refractivity contribution in [2.75, 3.05) is 39.9 Å². The number of nitrogens with two attached hydrogens (primary N) is 1. The van der Waals surface area contributed by atoms with Crippen LogP contribution in [0.5, 0.6) is 0 Å². The number of nitrogens with zero attached hydrogens (tertiary/aromatic N) is 2. The fraction of sp³-hybridized carbons (Fsp3) is 0.857. The smallest absolute Gasteiger partial charge is 0.412 e. The van der Waals surface area contributed by atoms with Gasteiger partial charge in [0.1, 0.15) is 70.0 Å². The van der Waals surface area contributed by atoms with E-state index in [0.717, 1.165) is 4.90 Å². The van der Waals surface area contributed by atoms with Crippen LogP contribution in [0, 0.1) is 0 Å². The SMILES string of the molecule is CN(C(=O)OC(C)(C)C)[C@@H]1[C@@H](O)[C@@H](O[C@@H]2[C@@H](O)[C@H](O[C@H]3OC(CN)=CC[C@H]3NCC3COC(C)(C)N3C(=O)OC(C)(C)C)[C@@H](NC(=O)OC(C)(C)C)C[C@H]2NC(=O)[C@@H](O)CCNC(=O)OC(C)(C)C)OC[C@]1(C)O. The maximum Gasteiger partial charge on any atom is 0.412 e. The average molecular weight is 1060 g/mol. The third-order valence-corrected chi connectivity index (χ3v) is 12.0. The minimum Gasteiger partial charge on any atom is -0.467 e. The molecule has 426 valence electrons. The van der Waals surface area contributed by atoms with E-state index in [-0.39, 0.29) is 45.5 Å². The highest BCUT2D eigenvalue weighted by atomic mass is 16.7. The molecule has 1 saturated carbocycles. The van der Waals surface area contributed by atoms with Crippen LogP contribution in [-0.2, 0) is 47.4 Å². The molecule has 5 amide bonds. The summed E-state index contributed by atoms with van der Waals surface area (Å²) in [6.07, 6.45) is -13.1. The number of nitrogens with one attached hydrogen (secondary N) is 4. The zero-order valence-corrected chi connectivity index (χ0v) is 46.1. The molecule has 0 aromatic carbocycles. The summed E-state index contributed by atoms with van der Waals surface area (Å²) in [6, 6.07) is -5.17. The molecule has 25 heteroatoms. The van der Waals surface area contributed by atoms with Crippen LogP contribution < -0.4 is 27.0 Å². The number of ether oxygens (including phenoxy) is 9. The fourth-order valence-corrected chi connectivity index (χ4v) is 8.89. The average Bonchev–Trinajstić information content (AvgIpc) is 3.54. The van der Waals surface area contributed by atoms with Gasteiger partial charge in [-0.05, 0) is 129 Å². The molecular formula is C49H87N7O18. The molecule has 3 aliphatic heterocycles. The molecular weight excluding hydrogens is 975 g/mol. The third kappa shape index (κ3) is 17.9. The molecule has 0 spiro atoms. The van der Waals surface area contributed by atoms with E-state index < -0.39 is 144 Å². The van der Waals surface area contributed by atoms with Crippen molar-refractivity contribution >= 4 is 30.3 Å². The summed E-state index contributed by atoms with van der Waals surface area (Å²) >= 11 is 0. The second-order valence-corrected chi connectivity index (χ2v) is 24.0. The Kier molecular flexibility index (Phi) is 20.5. The number of amides is 5. The van der Waals surface area contributed by atoms with E-state index >= 15 is 0 Å². The molecule has 4 rings (SSSR count). The highest BCUT2D eigenvalue weighted by Gasteiger charge is 2.55. The Morgan fingerprint density at radius 2 is 1.36 bits per heavy atom. The van der Waals surface area contributed by atoms with Crippen molar-refractivity contribution < 1.29 is 87.0 Å². The quantitative estimate of drug-likeness (QED) is 0.106. The molecule has 25 nitrogen and oxygen atoms in total. The molecule has 0 radical (unpaired) electrons. The molecule has 0 aromatic heterocycles. The van der Waals surface area contributed by atoms with Crippen LogP contribution in [0.25, 0.3) is 0 Å². The van der Waals surface area contributed by atoms with Gasteiger partial charge in [-0.3, -0.25) is 9.69 Å². The normalized spacial score (nSPS) is 31.0. The Morgan fingerprint density at radius 1 is 0.811 bits per heavy atom. The zero-order chi connectivity index (χ0) is 56.1. The highest BCUT2D eigenvalue weighted by Crippen LogP contribution is 2.36. The molecule has 13 atom stereocenters. The lowest BCUT2D eigenvalue weighted by molar-refractivity contribution is -0.311. The van der Waals surface area contributed by atoms with Crippen LogP contribution in [0.3, 0.4) is 0 Å². The van der Waals surface area contributed by atoms with Gasteiger partial charge in [0.25, 0.3) is 0 Å². The molecule has 1 unspecified atom stereocenters. The predicted octanol–water partition coefficient (Wildman–Crippen LogP) is 1.80. The Bertz CT molecular complexity index is 1960. The number of carbonyl (C=O) groups is 5. The summed E-state index contributed by atoms with van der Waals surface area (Å²) in [5.41, 5.74) is -0.357. The molecule has 3 fully saturated rings. The van der Waals surface area contributed by atoms with Crippen molar-refractivity contribution in [3.05, 3.63) is 11.8 Å². The maximum absolute atomic E-state index is 13.9. The lowest BCUT2D eigenvalue weighted by atomic mass is 9.82. The Balaban J connectivity index is 1.73. The third-order valence-electron chi connectivity index (χ3n) is 12.0. The van der Waals surface area contributed by atoms with Gasteiger partial charge < -0.3 is 95.0 Å². The second-order valence-electron chi connectivity index (χ2n) is 24.0. The first-order chi connectivity index (χ1) is 33.8. The molecule has 74 heavy (non-hydrogen) atoms. The van der Waals surface area contributed by atoms with E-state index in [0.29, 0.717) is 5.76 Å². The van der Waals surface area contributed by atoms with Gasteiger partial charge in [0, 0.05) is 20.1 Å². The molecule has 4 aliphatic rings. The first-order valence-corrected chi connectivity index (χ1v) is 25.2. The lowest BCUT2D eigenvalue weighted by Gasteiger charge is -2.50. The van der Waals surface area contributed by atoms with Crippen molar-refractivity contribution in [3.63, 3.8) is 0 Å². The molecule has 0 aromatic rings. The summed E-state index contributed by atoms with van der Waals surface area (Å²) < 4.78 is 53.5. The summed E-state index contributed by atoms with van der Waals surface area (Å²) in [5, 5.41) is 58.6. The first-order valence-electron chi connectivity index (χ1n) is 25.2. The number of aliphatic hydroxyl groups is 4. The standard InChI is InChI=1S/C49H87N7O18/c1-44(2,3)71-40(61)51-20-19-31(57)37(60)53-29-21-30(54-41(62)72-45(4,5)6)35(32(58)34(29)70-39-33(59)36(49(15,65)25-66-39)55(16)42(63)73-46(7,8)9)69-38-28(18-17-27(22-50)68-38)52-23-26-24-67-48(13,14)56(26)43(64)74-47(10,11)12/h17,26,28-36,38-39,52,57-59,65H,18-25,50H2,1-16H3,(H,51,61)(H,53,60)(H,54,62)/t26?,28-,29-,30+,31+,32-,33-,34+,35-,36-,38-,39-,49+/m1/s1. The highest BCUT2D eigenvalue weighted by molar-refractivity contribution is 5.81. The van der Waals surface area contributed by atoms with Gasteiger partial charge in [-0.15, -0.1) is 0 Å². The Morgan fingerprint density at radius 3 is 1.93 bits per heavy atom. The number of carbonyl (C=O) groups excluding carboxylic acids is 5. The number of aliphatic hydroxyl groups excluding tert-OH is 3. The van der Waals surface area contributed by atoms with Gasteiger partial charge in [0.15, 0.2) is 6.29 Å². The summed E-state index contributed by atoms with van der Waals surface area (Å²) in [6.45, 7) is 24.7. The molecule has 1 aliphatic carbocycles. The van der Waals surface area contributed by atoms with E-state index in [1.165, 1.54) is 18.9 Å². The molecule has 2 saturated heterocycles. The largest absolute Gasteiger partial charge is 0.467 e. The minimum atomic E-state index is -1.87. The first kappa shape index (κ1) is 62.2. The van der Waals surface area contributed by atoms with Gasteiger partial charge in [0.2, 0.25) is 12.2 Å². The van der Waals surface area contributed by atoms with E-state index in [9.17, 15) is 44.4 Å². The van der Waals surface area contributed by atoms with Crippen molar-refractivity contribution in [2.45, 2.75) is 230 Å². The van der Waals surface area contributed by atoms with Gasteiger partial charge in [-0.25, -0.2) is 19.2 Å².